The van der Waals surface area contributed by atoms with E-state index in [1.807, 2.05) is 0 Å². The van der Waals surface area contributed by atoms with Crippen LogP contribution in [0, 0.1) is 13.8 Å². The van der Waals surface area contributed by atoms with Crippen LogP contribution in [0.1, 0.15) is 11.4 Å². The Kier molecular flexibility index (Phi) is 3.24. The number of hydrogen-bond acceptors (Lipinski definition) is 1. The lowest BCUT2D eigenvalue weighted by atomic mass is 10.3. The highest BCUT2D eigenvalue weighted by molar-refractivity contribution is 9.09. The minimum absolute atomic E-state index is 0.143. The minimum Gasteiger partial charge on any atom is -0.333 e. The first-order valence-corrected chi connectivity index (χ1v) is 4.93. The fourth-order valence-electron chi connectivity index (χ4n) is 1.00. The molecule has 14 heavy (non-hydrogen) atoms. The molecule has 1 rings (SSSR count). The Balaban J connectivity index is 2.75. The SMILES string of the molecule is Cc1ncn(CC(Br)C(F)(F)F)c1C. The summed E-state index contributed by atoms with van der Waals surface area (Å²) in [5, 5.41) is 0. The van der Waals surface area contributed by atoms with Crippen LogP contribution in [0.3, 0.4) is 0 Å². The summed E-state index contributed by atoms with van der Waals surface area (Å²) in [6.07, 6.45) is -2.80. The molecule has 6 heteroatoms. The molecule has 2 nitrogen and oxygen atoms in total. The molecule has 1 aromatic heterocycles. The van der Waals surface area contributed by atoms with Gasteiger partial charge in [0.25, 0.3) is 0 Å². The number of imidazole rings is 1. The molecule has 0 bridgehead atoms. The van der Waals surface area contributed by atoms with E-state index in [0.717, 1.165) is 11.4 Å². The largest absolute Gasteiger partial charge is 0.402 e. The zero-order chi connectivity index (χ0) is 10.9. The van der Waals surface area contributed by atoms with E-state index in [1.165, 1.54) is 10.9 Å². The standard InChI is InChI=1S/C8H10BrF3N2/c1-5-6(2)14(4-13-5)3-7(9)8(10,11)12/h4,7H,3H2,1-2H3. The first kappa shape index (κ1) is 11.6. The summed E-state index contributed by atoms with van der Waals surface area (Å²) < 4.78 is 38.1. The van der Waals surface area contributed by atoms with Crippen LogP contribution in [-0.2, 0) is 6.54 Å². The normalized spacial score (nSPS) is 14.4. The first-order valence-electron chi connectivity index (χ1n) is 4.01. The van der Waals surface area contributed by atoms with Gasteiger partial charge in [-0.25, -0.2) is 4.98 Å². The first-order chi connectivity index (χ1) is 6.32. The molecular formula is C8H10BrF3N2. The second kappa shape index (κ2) is 3.92. The van der Waals surface area contributed by atoms with Crippen molar-refractivity contribution in [2.75, 3.05) is 0 Å². The van der Waals surface area contributed by atoms with Crippen LogP contribution in [0.4, 0.5) is 13.2 Å². The lowest BCUT2D eigenvalue weighted by molar-refractivity contribution is -0.129. The summed E-state index contributed by atoms with van der Waals surface area (Å²) >= 11 is 2.60. The average Bonchev–Trinajstić information content (AvgIpc) is 2.34. The predicted octanol–water partition coefficient (Wildman–Crippen LogP) is 2.83. The number of nitrogens with zero attached hydrogens (tertiary/aromatic N) is 2. The Bertz CT molecular complexity index is 319. The van der Waals surface area contributed by atoms with Crippen LogP contribution in [0.5, 0.6) is 0 Å². The van der Waals surface area contributed by atoms with Crippen molar-refractivity contribution in [2.45, 2.75) is 31.4 Å². The van der Waals surface area contributed by atoms with Gasteiger partial charge in [0.15, 0.2) is 0 Å². The molecule has 0 saturated carbocycles. The zero-order valence-corrected chi connectivity index (χ0v) is 9.35. The van der Waals surface area contributed by atoms with Crippen molar-refractivity contribution < 1.29 is 13.2 Å². The fourth-order valence-corrected chi connectivity index (χ4v) is 1.32. The highest BCUT2D eigenvalue weighted by atomic mass is 79.9. The zero-order valence-electron chi connectivity index (χ0n) is 7.77. The highest BCUT2D eigenvalue weighted by Crippen LogP contribution is 2.27. The summed E-state index contributed by atoms with van der Waals surface area (Å²) in [5.74, 6) is 0. The third kappa shape index (κ3) is 2.50. The summed E-state index contributed by atoms with van der Waals surface area (Å²) in [6.45, 7) is 3.37. The molecular weight excluding hydrogens is 261 g/mol. The van der Waals surface area contributed by atoms with Gasteiger partial charge in [0.2, 0.25) is 0 Å². The quantitative estimate of drug-likeness (QED) is 0.756. The molecule has 0 aliphatic heterocycles. The molecule has 0 spiro atoms. The van der Waals surface area contributed by atoms with Gasteiger partial charge in [0.05, 0.1) is 12.0 Å². The van der Waals surface area contributed by atoms with Crippen molar-refractivity contribution in [2.24, 2.45) is 0 Å². The lowest BCUT2D eigenvalue weighted by Crippen LogP contribution is -2.27. The smallest absolute Gasteiger partial charge is 0.333 e. The molecule has 1 aromatic rings. The van der Waals surface area contributed by atoms with E-state index in [1.54, 1.807) is 13.8 Å². The molecule has 0 aromatic carbocycles. The Morgan fingerprint density at radius 2 is 2.07 bits per heavy atom. The number of aromatic nitrogens is 2. The van der Waals surface area contributed by atoms with Gasteiger partial charge in [-0.15, -0.1) is 0 Å². The number of aryl methyl sites for hydroxylation is 1. The van der Waals surface area contributed by atoms with E-state index in [4.69, 9.17) is 0 Å². The molecule has 0 aliphatic rings. The van der Waals surface area contributed by atoms with E-state index >= 15 is 0 Å². The van der Waals surface area contributed by atoms with Gasteiger partial charge in [0.1, 0.15) is 4.83 Å². The minimum atomic E-state index is -4.22. The maximum atomic E-state index is 12.2. The third-order valence-electron chi connectivity index (χ3n) is 2.06. The topological polar surface area (TPSA) is 17.8 Å². The van der Waals surface area contributed by atoms with Crippen molar-refractivity contribution >= 4 is 15.9 Å². The van der Waals surface area contributed by atoms with Crippen LogP contribution in [0.2, 0.25) is 0 Å². The maximum Gasteiger partial charge on any atom is 0.402 e. The molecule has 0 amide bonds. The second-order valence-electron chi connectivity index (χ2n) is 3.08. The van der Waals surface area contributed by atoms with Gasteiger partial charge < -0.3 is 4.57 Å². The molecule has 1 heterocycles. The van der Waals surface area contributed by atoms with Gasteiger partial charge >= 0.3 is 6.18 Å². The van der Waals surface area contributed by atoms with E-state index in [0.29, 0.717) is 0 Å². The summed E-state index contributed by atoms with van der Waals surface area (Å²) in [6, 6.07) is 0. The fraction of sp³-hybridized carbons (Fsp3) is 0.625. The van der Waals surface area contributed by atoms with Crippen molar-refractivity contribution in [1.29, 1.82) is 0 Å². The number of rotatable bonds is 2. The van der Waals surface area contributed by atoms with Crippen molar-refractivity contribution in [3.63, 3.8) is 0 Å². The number of alkyl halides is 4. The van der Waals surface area contributed by atoms with Gasteiger partial charge in [-0.1, -0.05) is 15.9 Å². The second-order valence-corrected chi connectivity index (χ2v) is 4.18. The molecule has 0 aliphatic carbocycles. The highest BCUT2D eigenvalue weighted by Gasteiger charge is 2.37. The Hall–Kier alpha value is -0.520. The summed E-state index contributed by atoms with van der Waals surface area (Å²) in [7, 11) is 0. The van der Waals surface area contributed by atoms with E-state index in [9.17, 15) is 13.2 Å². The summed E-state index contributed by atoms with van der Waals surface area (Å²) in [4.78, 5) is 2.40. The lowest BCUT2D eigenvalue weighted by Gasteiger charge is -2.15. The van der Waals surface area contributed by atoms with Crippen LogP contribution in [-0.4, -0.2) is 20.6 Å². The van der Waals surface area contributed by atoms with E-state index in [2.05, 4.69) is 20.9 Å². The van der Waals surface area contributed by atoms with Gasteiger partial charge in [-0.05, 0) is 13.8 Å². The van der Waals surface area contributed by atoms with Crippen molar-refractivity contribution in [1.82, 2.24) is 9.55 Å². The Labute approximate surface area is 88.3 Å². The number of halogens is 4. The molecule has 0 fully saturated rings. The van der Waals surface area contributed by atoms with Gasteiger partial charge in [-0.2, -0.15) is 13.2 Å². The third-order valence-corrected chi connectivity index (χ3v) is 2.87. The van der Waals surface area contributed by atoms with E-state index in [-0.39, 0.29) is 6.54 Å². The summed E-state index contributed by atoms with van der Waals surface area (Å²) in [5.41, 5.74) is 1.52. The van der Waals surface area contributed by atoms with Crippen LogP contribution < -0.4 is 0 Å². The molecule has 0 saturated heterocycles. The van der Waals surface area contributed by atoms with Crippen LogP contribution in [0.25, 0.3) is 0 Å². The molecule has 1 atom stereocenters. The molecule has 0 radical (unpaired) electrons. The van der Waals surface area contributed by atoms with E-state index < -0.39 is 11.0 Å². The van der Waals surface area contributed by atoms with Gasteiger partial charge in [-0.3, -0.25) is 0 Å². The van der Waals surface area contributed by atoms with Gasteiger partial charge in [0, 0.05) is 12.2 Å². The predicted molar refractivity (Wildman–Crippen MR) is 50.5 cm³/mol. The molecule has 1 unspecified atom stereocenters. The Morgan fingerprint density at radius 1 is 1.50 bits per heavy atom. The maximum absolute atomic E-state index is 12.2. The number of hydrogen-bond donors (Lipinski definition) is 0. The van der Waals surface area contributed by atoms with Crippen molar-refractivity contribution in [3.05, 3.63) is 17.7 Å². The molecule has 80 valence electrons. The molecule has 0 N–H and O–H groups in total. The van der Waals surface area contributed by atoms with Crippen molar-refractivity contribution in [3.8, 4) is 0 Å². The Morgan fingerprint density at radius 3 is 2.43 bits per heavy atom. The van der Waals surface area contributed by atoms with Crippen LogP contribution in [0.15, 0.2) is 6.33 Å². The monoisotopic (exact) mass is 270 g/mol. The van der Waals surface area contributed by atoms with Crippen LogP contribution >= 0.6 is 15.9 Å². The average molecular weight is 271 g/mol.